The first-order valence-electron chi connectivity index (χ1n) is 9.20. The average Bonchev–Trinajstić information content (AvgIpc) is 3.22. The zero-order valence-electron chi connectivity index (χ0n) is 17.1. The lowest BCUT2D eigenvalue weighted by Crippen LogP contribution is -2.37. The molecule has 4 aromatic rings. The van der Waals surface area contributed by atoms with Gasteiger partial charge in [-0.3, -0.25) is 13.9 Å². The van der Waals surface area contributed by atoms with E-state index in [1.807, 2.05) is 0 Å². The maximum atomic E-state index is 12.7. The van der Waals surface area contributed by atoms with Gasteiger partial charge in [0.1, 0.15) is 17.1 Å². The van der Waals surface area contributed by atoms with Gasteiger partial charge in [0.05, 0.1) is 18.5 Å². The topological polar surface area (TPSA) is 153 Å². The molecule has 4 rings (SSSR count). The second kappa shape index (κ2) is 7.23. The maximum Gasteiger partial charge on any atom is 0.342 e. The molecular weight excluding hydrogens is 430 g/mol. The fourth-order valence-electron chi connectivity index (χ4n) is 3.41. The molecule has 0 aliphatic heterocycles. The molecular formula is C18H18ClN7O5. The Hall–Kier alpha value is -3.67. The third-order valence-electron chi connectivity index (χ3n) is 4.88. The quantitative estimate of drug-likeness (QED) is 0.352. The molecule has 12 nitrogen and oxygen atoms in total. The number of esters is 1. The summed E-state index contributed by atoms with van der Waals surface area (Å²) in [6.45, 7) is 3.40. The van der Waals surface area contributed by atoms with Crippen molar-refractivity contribution in [2.75, 3.05) is 12.3 Å². The Morgan fingerprint density at radius 2 is 1.90 bits per heavy atom. The van der Waals surface area contributed by atoms with Crippen LogP contribution in [-0.2, 0) is 25.4 Å². The number of fused-ring (bicyclic) bond motifs is 2. The van der Waals surface area contributed by atoms with Gasteiger partial charge in [-0.05, 0) is 25.4 Å². The molecule has 4 heterocycles. The minimum absolute atomic E-state index is 0.0146. The van der Waals surface area contributed by atoms with Crippen LogP contribution in [0, 0.1) is 6.92 Å². The molecule has 0 amide bonds. The zero-order valence-corrected chi connectivity index (χ0v) is 17.8. The van der Waals surface area contributed by atoms with Crippen molar-refractivity contribution in [3.05, 3.63) is 43.3 Å². The van der Waals surface area contributed by atoms with Crippen molar-refractivity contribution in [3.63, 3.8) is 0 Å². The number of nitrogen functional groups attached to an aromatic ring is 1. The number of rotatable bonds is 4. The highest BCUT2D eigenvalue weighted by Gasteiger charge is 2.25. The predicted molar refractivity (Wildman–Crippen MR) is 111 cm³/mol. The van der Waals surface area contributed by atoms with E-state index in [0.717, 1.165) is 4.57 Å². The summed E-state index contributed by atoms with van der Waals surface area (Å²) in [7, 11) is 2.85. The van der Waals surface area contributed by atoms with E-state index < -0.39 is 17.2 Å². The number of anilines is 1. The molecule has 0 bridgehead atoms. The van der Waals surface area contributed by atoms with E-state index in [2.05, 4.69) is 15.0 Å². The smallest absolute Gasteiger partial charge is 0.342 e. The zero-order chi connectivity index (χ0) is 22.6. The number of aromatic nitrogens is 6. The molecule has 0 saturated carbocycles. The molecule has 2 N–H and O–H groups in total. The number of nitrogens with two attached hydrogens (primary N) is 1. The molecule has 0 aliphatic carbocycles. The summed E-state index contributed by atoms with van der Waals surface area (Å²) in [6.07, 6.45) is 0. The highest BCUT2D eigenvalue weighted by atomic mass is 35.5. The number of carbonyl (C=O) groups is 1. The molecule has 0 fully saturated rings. The third kappa shape index (κ3) is 3.06. The van der Waals surface area contributed by atoms with E-state index in [-0.39, 0.29) is 57.9 Å². The molecule has 0 spiro atoms. The summed E-state index contributed by atoms with van der Waals surface area (Å²) in [4.78, 5) is 49.8. The first kappa shape index (κ1) is 20.6. The van der Waals surface area contributed by atoms with Crippen molar-refractivity contribution in [1.82, 2.24) is 28.7 Å². The monoisotopic (exact) mass is 447 g/mol. The third-order valence-corrected chi connectivity index (χ3v) is 5.17. The lowest BCUT2D eigenvalue weighted by molar-refractivity contribution is 0.0526. The van der Waals surface area contributed by atoms with Crippen molar-refractivity contribution < 1.29 is 13.9 Å². The van der Waals surface area contributed by atoms with E-state index in [9.17, 15) is 14.4 Å². The molecule has 0 saturated heterocycles. The minimum Gasteiger partial charge on any atom is -0.462 e. The van der Waals surface area contributed by atoms with Gasteiger partial charge in [0.15, 0.2) is 17.0 Å². The van der Waals surface area contributed by atoms with Crippen LogP contribution in [0.2, 0.25) is 5.28 Å². The fourth-order valence-corrected chi connectivity index (χ4v) is 3.63. The number of furan rings is 1. The lowest BCUT2D eigenvalue weighted by Gasteiger charge is -2.07. The highest BCUT2D eigenvalue weighted by Crippen LogP contribution is 2.29. The summed E-state index contributed by atoms with van der Waals surface area (Å²) in [5, 5.41) is 0.220. The number of hydrogen-bond acceptors (Lipinski definition) is 9. The number of imidazole rings is 1. The van der Waals surface area contributed by atoms with Crippen molar-refractivity contribution >= 4 is 45.7 Å². The van der Waals surface area contributed by atoms with Gasteiger partial charge < -0.3 is 19.5 Å². The molecule has 0 atom stereocenters. The maximum absolute atomic E-state index is 12.7. The van der Waals surface area contributed by atoms with E-state index in [1.165, 1.54) is 23.2 Å². The van der Waals surface area contributed by atoms with E-state index in [4.69, 9.17) is 26.5 Å². The first-order chi connectivity index (χ1) is 14.6. The molecule has 0 unspecified atom stereocenters. The first-order valence-corrected chi connectivity index (χ1v) is 9.57. The van der Waals surface area contributed by atoms with Crippen LogP contribution in [0.4, 0.5) is 5.82 Å². The lowest BCUT2D eigenvalue weighted by atomic mass is 10.2. The molecule has 31 heavy (non-hydrogen) atoms. The van der Waals surface area contributed by atoms with Crippen molar-refractivity contribution in [1.29, 1.82) is 0 Å². The van der Waals surface area contributed by atoms with Crippen molar-refractivity contribution in [3.8, 4) is 0 Å². The Kier molecular flexibility index (Phi) is 4.81. The normalized spacial score (nSPS) is 11.5. The van der Waals surface area contributed by atoms with Gasteiger partial charge in [0, 0.05) is 14.1 Å². The predicted octanol–water partition coefficient (Wildman–Crippen LogP) is 0.739. The van der Waals surface area contributed by atoms with Gasteiger partial charge in [-0.25, -0.2) is 14.6 Å². The van der Waals surface area contributed by atoms with Crippen LogP contribution in [-0.4, -0.2) is 41.2 Å². The van der Waals surface area contributed by atoms with Crippen LogP contribution >= 0.6 is 11.6 Å². The molecule has 13 heteroatoms. The van der Waals surface area contributed by atoms with Crippen LogP contribution in [0.5, 0.6) is 0 Å². The summed E-state index contributed by atoms with van der Waals surface area (Å²) >= 11 is 6.25. The SMILES string of the molecule is CCOC(=O)c1c(C)oc2nc(Cn3c(Cl)nc4c3c(=O)n(C)c(=O)n4C)nc(N)c12. The Balaban J connectivity index is 1.88. The Morgan fingerprint density at radius 3 is 2.58 bits per heavy atom. The Morgan fingerprint density at radius 1 is 1.19 bits per heavy atom. The van der Waals surface area contributed by atoms with E-state index in [1.54, 1.807) is 13.8 Å². The fraction of sp³-hybridized carbons (Fsp3) is 0.333. The average molecular weight is 448 g/mol. The summed E-state index contributed by atoms with van der Waals surface area (Å²) in [6, 6.07) is 0. The van der Waals surface area contributed by atoms with Crippen LogP contribution < -0.4 is 17.0 Å². The summed E-state index contributed by atoms with van der Waals surface area (Å²) < 4.78 is 14.2. The molecule has 4 aromatic heterocycles. The summed E-state index contributed by atoms with van der Waals surface area (Å²) in [5.41, 5.74) is 5.51. The van der Waals surface area contributed by atoms with E-state index >= 15 is 0 Å². The van der Waals surface area contributed by atoms with Gasteiger partial charge >= 0.3 is 11.7 Å². The second-order valence-corrected chi connectivity index (χ2v) is 7.14. The van der Waals surface area contributed by atoms with Gasteiger partial charge in [-0.1, -0.05) is 0 Å². The van der Waals surface area contributed by atoms with Crippen molar-refractivity contribution in [2.24, 2.45) is 14.1 Å². The van der Waals surface area contributed by atoms with Gasteiger partial charge in [0.2, 0.25) is 11.0 Å². The van der Waals surface area contributed by atoms with Crippen LogP contribution in [0.25, 0.3) is 22.3 Å². The number of nitrogens with zero attached hydrogens (tertiary/aromatic N) is 6. The van der Waals surface area contributed by atoms with Crippen LogP contribution in [0.3, 0.4) is 0 Å². The molecule has 0 radical (unpaired) electrons. The largest absolute Gasteiger partial charge is 0.462 e. The second-order valence-electron chi connectivity index (χ2n) is 6.80. The number of carbonyl (C=O) groups excluding carboxylic acids is 1. The van der Waals surface area contributed by atoms with Crippen LogP contribution in [0.15, 0.2) is 14.0 Å². The Bertz CT molecular complexity index is 1490. The van der Waals surface area contributed by atoms with Gasteiger partial charge in [-0.2, -0.15) is 9.97 Å². The number of hydrogen-bond donors (Lipinski definition) is 1. The highest BCUT2D eigenvalue weighted by molar-refractivity contribution is 6.29. The van der Waals surface area contributed by atoms with E-state index in [0.29, 0.717) is 5.76 Å². The van der Waals surface area contributed by atoms with Gasteiger partial charge in [-0.15, -0.1) is 0 Å². The standard InChI is InChI=1S/C18H18ClN7O5/c1-5-30-16(28)9-7(2)31-14-10(9)12(20)21-8(22-14)6-26-11-13(23-17(26)19)24(3)18(29)25(4)15(11)27/h5-6H2,1-4H3,(H2,20,21,22). The molecule has 0 aromatic carbocycles. The molecule has 0 aliphatic rings. The summed E-state index contributed by atoms with van der Waals surface area (Å²) in [5.74, 6) is -0.108. The number of ether oxygens (including phenoxy) is 1. The van der Waals surface area contributed by atoms with Crippen molar-refractivity contribution in [2.45, 2.75) is 20.4 Å². The Labute approximate surface area is 178 Å². The minimum atomic E-state index is -0.588. The molecule has 162 valence electrons. The van der Waals surface area contributed by atoms with Crippen LogP contribution in [0.1, 0.15) is 28.9 Å². The van der Waals surface area contributed by atoms with Gasteiger partial charge in [0.25, 0.3) is 5.56 Å². The number of halogens is 1. The number of aryl methyl sites for hydroxylation is 2.